The van der Waals surface area contributed by atoms with Crippen molar-refractivity contribution in [1.82, 2.24) is 14.7 Å². The Morgan fingerprint density at radius 2 is 2.26 bits per heavy atom. The third-order valence-electron chi connectivity index (χ3n) is 3.32. The van der Waals surface area contributed by atoms with Crippen LogP contribution < -0.4 is 4.74 Å². The van der Waals surface area contributed by atoms with Gasteiger partial charge in [0.1, 0.15) is 0 Å². The Hall–Kier alpha value is -2.05. The molecule has 1 aliphatic heterocycles. The molecule has 1 N–H and O–H groups in total. The molecule has 104 valence electrons. The van der Waals surface area contributed by atoms with Gasteiger partial charge in [-0.2, -0.15) is 5.10 Å². The van der Waals surface area contributed by atoms with Gasteiger partial charge in [-0.1, -0.05) is 0 Å². The van der Waals surface area contributed by atoms with Gasteiger partial charge in [0.05, 0.1) is 13.0 Å². The average Bonchev–Trinajstić information content (AvgIpc) is 2.79. The van der Waals surface area contributed by atoms with E-state index in [0.717, 1.165) is 0 Å². The van der Waals surface area contributed by atoms with Crippen molar-refractivity contribution in [3.05, 3.63) is 11.8 Å². The summed E-state index contributed by atoms with van der Waals surface area (Å²) in [6, 6.07) is 1.56. The number of hydrogen-bond acceptors (Lipinski definition) is 4. The highest BCUT2D eigenvalue weighted by Crippen LogP contribution is 2.20. The molecule has 1 aromatic heterocycles. The van der Waals surface area contributed by atoms with Gasteiger partial charge < -0.3 is 14.7 Å². The molecule has 7 heteroatoms. The number of ether oxygens (including phenoxy) is 1. The van der Waals surface area contributed by atoms with Crippen molar-refractivity contribution in [1.29, 1.82) is 0 Å². The van der Waals surface area contributed by atoms with Crippen LogP contribution in [0, 0.1) is 5.92 Å². The number of aliphatic carboxylic acids is 1. The highest BCUT2D eigenvalue weighted by molar-refractivity contribution is 5.93. The molecule has 1 aromatic rings. The van der Waals surface area contributed by atoms with Crippen LogP contribution in [0.15, 0.2) is 6.07 Å². The Morgan fingerprint density at radius 1 is 1.53 bits per heavy atom. The van der Waals surface area contributed by atoms with Crippen LogP contribution in [-0.4, -0.2) is 51.9 Å². The van der Waals surface area contributed by atoms with Gasteiger partial charge in [0.15, 0.2) is 5.69 Å². The molecule has 0 unspecified atom stereocenters. The molecule has 0 aromatic carbocycles. The first-order valence-electron chi connectivity index (χ1n) is 6.13. The summed E-state index contributed by atoms with van der Waals surface area (Å²) in [5.41, 5.74) is 0.283. The van der Waals surface area contributed by atoms with Crippen LogP contribution in [0.25, 0.3) is 0 Å². The number of aryl methyl sites for hydroxylation is 1. The first-order valence-corrected chi connectivity index (χ1v) is 6.13. The lowest BCUT2D eigenvalue weighted by Gasteiger charge is -2.30. The summed E-state index contributed by atoms with van der Waals surface area (Å²) in [5, 5.41) is 13.1. The van der Waals surface area contributed by atoms with Gasteiger partial charge in [0, 0.05) is 26.2 Å². The summed E-state index contributed by atoms with van der Waals surface area (Å²) in [6.45, 7) is 0.814. The van der Waals surface area contributed by atoms with E-state index in [4.69, 9.17) is 9.84 Å². The number of carbonyl (C=O) groups excluding carboxylic acids is 1. The first kappa shape index (κ1) is 13.4. The van der Waals surface area contributed by atoms with E-state index in [2.05, 4.69) is 5.10 Å². The Kier molecular flexibility index (Phi) is 3.73. The van der Waals surface area contributed by atoms with E-state index < -0.39 is 11.9 Å². The lowest BCUT2D eigenvalue weighted by atomic mass is 9.98. The standard InChI is InChI=1S/C12H17N3O4/c1-14-10(19-2)6-9(13-14)11(16)15-5-3-4-8(7-15)12(17)18/h6,8H,3-5,7H2,1-2H3,(H,17,18)/t8-/m0/s1. The number of piperidine rings is 1. The summed E-state index contributed by atoms with van der Waals surface area (Å²) >= 11 is 0. The van der Waals surface area contributed by atoms with E-state index in [9.17, 15) is 9.59 Å². The van der Waals surface area contributed by atoms with E-state index in [1.165, 1.54) is 11.8 Å². The molecule has 19 heavy (non-hydrogen) atoms. The summed E-state index contributed by atoms with van der Waals surface area (Å²) < 4.78 is 6.54. The molecule has 0 aliphatic carbocycles. The van der Waals surface area contributed by atoms with Gasteiger partial charge in [-0.3, -0.25) is 9.59 Å². The van der Waals surface area contributed by atoms with Crippen LogP contribution in [0.4, 0.5) is 0 Å². The smallest absolute Gasteiger partial charge is 0.308 e. The molecule has 1 amide bonds. The third kappa shape index (κ3) is 2.69. The van der Waals surface area contributed by atoms with E-state index >= 15 is 0 Å². The lowest BCUT2D eigenvalue weighted by molar-refractivity contribution is -0.143. The van der Waals surface area contributed by atoms with Crippen LogP contribution in [0.3, 0.4) is 0 Å². The summed E-state index contributed by atoms with van der Waals surface area (Å²) in [7, 11) is 3.19. The SMILES string of the molecule is COc1cc(C(=O)N2CCC[C@H](C(=O)O)C2)nn1C. The van der Waals surface area contributed by atoms with E-state index in [1.54, 1.807) is 18.0 Å². The number of likely N-dealkylation sites (tertiary alicyclic amines) is 1. The van der Waals surface area contributed by atoms with Crippen molar-refractivity contribution >= 4 is 11.9 Å². The molecule has 1 fully saturated rings. The minimum absolute atomic E-state index is 0.243. The molecule has 0 saturated carbocycles. The monoisotopic (exact) mass is 267 g/mol. The van der Waals surface area contributed by atoms with Crippen LogP contribution in [-0.2, 0) is 11.8 Å². The molecular formula is C12H17N3O4. The third-order valence-corrected chi connectivity index (χ3v) is 3.32. The zero-order valence-electron chi connectivity index (χ0n) is 11.0. The van der Waals surface area contributed by atoms with Crippen molar-refractivity contribution in [2.24, 2.45) is 13.0 Å². The average molecular weight is 267 g/mol. The number of carbonyl (C=O) groups is 2. The number of carboxylic acids is 1. The van der Waals surface area contributed by atoms with Gasteiger partial charge in [0.25, 0.3) is 5.91 Å². The molecule has 1 aliphatic rings. The second-order valence-corrected chi connectivity index (χ2v) is 4.62. The molecule has 7 nitrogen and oxygen atoms in total. The van der Waals surface area contributed by atoms with Gasteiger partial charge in [-0.25, -0.2) is 4.68 Å². The van der Waals surface area contributed by atoms with Gasteiger partial charge in [0.2, 0.25) is 5.88 Å². The van der Waals surface area contributed by atoms with Crippen LogP contribution in [0.1, 0.15) is 23.3 Å². The van der Waals surface area contributed by atoms with Gasteiger partial charge in [-0.15, -0.1) is 0 Å². The van der Waals surface area contributed by atoms with Crippen LogP contribution in [0.5, 0.6) is 5.88 Å². The largest absolute Gasteiger partial charge is 0.481 e. The predicted molar refractivity (Wildman–Crippen MR) is 66.0 cm³/mol. The Bertz CT molecular complexity index is 497. The zero-order chi connectivity index (χ0) is 14.0. The number of aromatic nitrogens is 2. The minimum atomic E-state index is -0.851. The number of amides is 1. The summed E-state index contributed by atoms with van der Waals surface area (Å²) in [6.07, 6.45) is 1.32. The minimum Gasteiger partial charge on any atom is -0.481 e. The van der Waals surface area contributed by atoms with Crippen LogP contribution >= 0.6 is 0 Å². The number of carboxylic acid groups (broad SMARTS) is 1. The fourth-order valence-corrected chi connectivity index (χ4v) is 2.27. The maximum Gasteiger partial charge on any atom is 0.308 e. The Labute approximate surface area is 110 Å². The molecule has 2 heterocycles. The molecule has 1 saturated heterocycles. The number of methoxy groups -OCH3 is 1. The van der Waals surface area contributed by atoms with Gasteiger partial charge in [-0.05, 0) is 12.8 Å². The highest BCUT2D eigenvalue weighted by Gasteiger charge is 2.29. The molecule has 0 spiro atoms. The van der Waals surface area contributed by atoms with E-state index in [-0.39, 0.29) is 18.1 Å². The zero-order valence-corrected chi connectivity index (χ0v) is 11.0. The maximum absolute atomic E-state index is 12.3. The predicted octanol–water partition coefficient (Wildman–Crippen LogP) is 0.365. The fraction of sp³-hybridized carbons (Fsp3) is 0.583. The van der Waals surface area contributed by atoms with Crippen LogP contribution in [0.2, 0.25) is 0 Å². The van der Waals surface area contributed by atoms with E-state index in [1.807, 2.05) is 0 Å². The van der Waals surface area contributed by atoms with Gasteiger partial charge >= 0.3 is 5.97 Å². The Morgan fingerprint density at radius 3 is 2.84 bits per heavy atom. The molecule has 1 atom stereocenters. The van der Waals surface area contributed by atoms with Crippen molar-refractivity contribution in [3.8, 4) is 5.88 Å². The topological polar surface area (TPSA) is 84.7 Å². The normalized spacial score (nSPS) is 19.3. The van der Waals surface area contributed by atoms with E-state index in [0.29, 0.717) is 25.3 Å². The number of nitrogens with zero attached hydrogens (tertiary/aromatic N) is 3. The summed E-state index contributed by atoms with van der Waals surface area (Å²) in [5.74, 6) is -1.08. The first-order chi connectivity index (χ1) is 9.02. The number of hydrogen-bond donors (Lipinski definition) is 1. The number of rotatable bonds is 3. The quantitative estimate of drug-likeness (QED) is 0.855. The molecule has 2 rings (SSSR count). The van der Waals surface area contributed by atoms with Crippen molar-refractivity contribution in [2.75, 3.05) is 20.2 Å². The second kappa shape index (κ2) is 5.29. The lowest BCUT2D eigenvalue weighted by Crippen LogP contribution is -2.42. The van der Waals surface area contributed by atoms with Crippen molar-refractivity contribution in [3.63, 3.8) is 0 Å². The Balaban J connectivity index is 2.12. The molecule has 0 radical (unpaired) electrons. The van der Waals surface area contributed by atoms with Crippen molar-refractivity contribution in [2.45, 2.75) is 12.8 Å². The fourth-order valence-electron chi connectivity index (χ4n) is 2.27. The second-order valence-electron chi connectivity index (χ2n) is 4.62. The maximum atomic E-state index is 12.3. The summed E-state index contributed by atoms with van der Waals surface area (Å²) in [4.78, 5) is 24.8. The highest BCUT2D eigenvalue weighted by atomic mass is 16.5. The molecule has 0 bridgehead atoms. The van der Waals surface area contributed by atoms with Crippen molar-refractivity contribution < 1.29 is 19.4 Å². The molecular weight excluding hydrogens is 250 g/mol.